The van der Waals surface area contributed by atoms with Gasteiger partial charge in [-0.3, -0.25) is 0 Å². The van der Waals surface area contributed by atoms with Crippen molar-refractivity contribution in [2.75, 3.05) is 13.3 Å². The Bertz CT molecular complexity index is 749. The van der Waals surface area contributed by atoms with Crippen molar-refractivity contribution >= 4 is 12.7 Å². The molecule has 2 nitrogen and oxygen atoms in total. The highest BCUT2D eigenvalue weighted by Gasteiger charge is 2.24. The van der Waals surface area contributed by atoms with Gasteiger partial charge in [0.2, 0.25) is 0 Å². The van der Waals surface area contributed by atoms with Gasteiger partial charge >= 0.3 is 0 Å². The Morgan fingerprint density at radius 2 is 1.81 bits per heavy atom. The monoisotopic (exact) mass is 371 g/mol. The highest BCUT2D eigenvalue weighted by molar-refractivity contribution is 7.66. The van der Waals surface area contributed by atoms with Crippen molar-refractivity contribution in [3.05, 3.63) is 65.0 Å². The summed E-state index contributed by atoms with van der Waals surface area (Å²) in [6, 6.07) is 9.40. The molecule has 1 unspecified atom stereocenters. The minimum atomic E-state index is -2.11. The molecule has 3 rings (SSSR count). The summed E-state index contributed by atoms with van der Waals surface area (Å²) >= 11 is 0. The van der Waals surface area contributed by atoms with Crippen LogP contribution in [0.15, 0.2) is 53.9 Å². The van der Waals surface area contributed by atoms with Crippen molar-refractivity contribution in [3.63, 3.8) is 0 Å². The number of hydrogen-bond donors (Lipinski definition) is 1. The molecule has 2 aliphatic rings. The third-order valence-electron chi connectivity index (χ3n) is 4.78. The van der Waals surface area contributed by atoms with Crippen LogP contribution in [0, 0.1) is 5.92 Å². The topological polar surface area (TPSA) is 29.1 Å². The molecule has 0 heterocycles. The lowest BCUT2D eigenvalue weighted by atomic mass is 9.97. The molecule has 0 aromatic heterocycles. The molecule has 0 saturated carbocycles. The second-order valence-corrected chi connectivity index (χ2v) is 11.4. The number of benzene rings is 1. The third kappa shape index (κ3) is 5.56. The lowest BCUT2D eigenvalue weighted by Crippen LogP contribution is -2.36. The van der Waals surface area contributed by atoms with Crippen LogP contribution in [0.3, 0.4) is 0 Å². The maximum atomic E-state index is 12.0. The summed E-state index contributed by atoms with van der Waals surface area (Å²) in [6.07, 6.45) is 10.6. The first-order valence-electron chi connectivity index (χ1n) is 9.66. The molecular formula is C23H34NOP. The van der Waals surface area contributed by atoms with Gasteiger partial charge in [0.25, 0.3) is 0 Å². The van der Waals surface area contributed by atoms with Crippen molar-refractivity contribution in [3.8, 4) is 0 Å². The molecule has 0 amide bonds. The Hall–Kier alpha value is -1.37. The second-order valence-electron chi connectivity index (χ2n) is 8.16. The summed E-state index contributed by atoms with van der Waals surface area (Å²) in [5.41, 5.74) is 4.47. The third-order valence-corrected chi connectivity index (χ3v) is 6.48. The Labute approximate surface area is 159 Å². The number of nitrogens with one attached hydrogen (secondary N) is 1. The Morgan fingerprint density at radius 1 is 1.12 bits per heavy atom. The quantitative estimate of drug-likeness (QED) is 0.648. The van der Waals surface area contributed by atoms with Gasteiger partial charge in [-0.2, -0.15) is 0 Å². The zero-order chi connectivity index (χ0) is 19.3. The molecule has 0 aliphatic heterocycles. The van der Waals surface area contributed by atoms with Gasteiger partial charge in [-0.25, -0.2) is 0 Å². The van der Waals surface area contributed by atoms with Crippen molar-refractivity contribution in [2.45, 2.75) is 52.6 Å². The fraction of sp³-hybridized carbons (Fsp3) is 0.478. The van der Waals surface area contributed by atoms with E-state index < -0.39 is 7.14 Å². The maximum absolute atomic E-state index is 12.0. The van der Waals surface area contributed by atoms with Gasteiger partial charge in [0.05, 0.1) is 0 Å². The molecule has 26 heavy (non-hydrogen) atoms. The summed E-state index contributed by atoms with van der Waals surface area (Å²) in [4.78, 5) is 0. The van der Waals surface area contributed by atoms with E-state index in [4.69, 9.17) is 0 Å². The SMILES string of the molecule is CC(C)C1=CCc2ccccc21.CC(C)NC1CC=CC=C1P(C)(C)=O. The predicted molar refractivity (Wildman–Crippen MR) is 116 cm³/mol. The molecule has 2 aliphatic carbocycles. The molecule has 3 heteroatoms. The molecule has 0 bridgehead atoms. The van der Waals surface area contributed by atoms with Gasteiger partial charge in [-0.1, -0.05) is 76.3 Å². The van der Waals surface area contributed by atoms with Gasteiger partial charge in [0.15, 0.2) is 0 Å². The predicted octanol–water partition coefficient (Wildman–Crippen LogP) is 6.10. The molecule has 0 fully saturated rings. The molecule has 1 aromatic rings. The van der Waals surface area contributed by atoms with Crippen LogP contribution in [0.4, 0.5) is 0 Å². The standard InChI is InChI=1S/C12H14.C11H20NOP/c1-9(2)11-8-7-10-5-3-4-6-12(10)11;1-9(2)12-10-7-5-6-8-11(10)14(3,4)13/h3-6,8-9H,7H2,1-2H3;5-6,8-10,12H,7H2,1-4H3. The molecule has 0 spiro atoms. The van der Waals surface area contributed by atoms with Crippen molar-refractivity contribution in [2.24, 2.45) is 5.92 Å². The average molecular weight is 372 g/mol. The average Bonchev–Trinajstić information content (AvgIpc) is 2.98. The van der Waals surface area contributed by atoms with Crippen LogP contribution >= 0.6 is 7.14 Å². The molecular weight excluding hydrogens is 337 g/mol. The summed E-state index contributed by atoms with van der Waals surface area (Å²) in [5.74, 6) is 0.661. The minimum absolute atomic E-state index is 0.265. The number of rotatable bonds is 4. The van der Waals surface area contributed by atoms with Crippen LogP contribution in [0.1, 0.15) is 45.2 Å². The summed E-state index contributed by atoms with van der Waals surface area (Å²) in [7, 11) is -2.11. The second kappa shape index (κ2) is 9.02. The van der Waals surface area contributed by atoms with Gasteiger partial charge in [0, 0.05) is 17.4 Å². The largest absolute Gasteiger partial charge is 0.319 e. The van der Waals surface area contributed by atoms with E-state index in [1.807, 2.05) is 25.5 Å². The molecule has 142 valence electrons. The zero-order valence-electron chi connectivity index (χ0n) is 17.1. The summed E-state index contributed by atoms with van der Waals surface area (Å²) in [6.45, 7) is 12.4. The first-order valence-corrected chi connectivity index (χ1v) is 12.3. The highest BCUT2D eigenvalue weighted by atomic mass is 31.2. The first kappa shape index (κ1) is 20.9. The van der Waals surface area contributed by atoms with E-state index in [9.17, 15) is 4.57 Å². The Morgan fingerprint density at radius 3 is 2.42 bits per heavy atom. The van der Waals surface area contributed by atoms with Crippen LogP contribution in [-0.2, 0) is 11.0 Å². The molecule has 1 aromatic carbocycles. The van der Waals surface area contributed by atoms with Gasteiger partial charge in [-0.15, -0.1) is 0 Å². The Kier molecular flexibility index (Phi) is 7.26. The normalized spacial score (nSPS) is 19.0. The summed E-state index contributed by atoms with van der Waals surface area (Å²) < 4.78 is 12.0. The van der Waals surface area contributed by atoms with Gasteiger partial charge < -0.3 is 9.88 Å². The minimum Gasteiger partial charge on any atom is -0.319 e. The number of hydrogen-bond acceptors (Lipinski definition) is 2. The van der Waals surface area contributed by atoms with Gasteiger partial charge in [0.1, 0.15) is 7.14 Å². The molecule has 1 N–H and O–H groups in total. The van der Waals surface area contributed by atoms with Crippen LogP contribution in [-0.4, -0.2) is 25.4 Å². The van der Waals surface area contributed by atoms with E-state index in [-0.39, 0.29) is 6.04 Å². The van der Waals surface area contributed by atoms with E-state index in [0.29, 0.717) is 12.0 Å². The smallest absolute Gasteiger partial charge is 0.107 e. The first-order chi connectivity index (χ1) is 12.2. The molecule has 1 atom stereocenters. The Balaban J connectivity index is 0.000000189. The van der Waals surface area contributed by atoms with Gasteiger partial charge in [-0.05, 0) is 48.8 Å². The molecule has 0 radical (unpaired) electrons. The van der Waals surface area contributed by atoms with Crippen LogP contribution < -0.4 is 5.32 Å². The fourth-order valence-electron chi connectivity index (χ4n) is 3.59. The number of fused-ring (bicyclic) bond motifs is 1. The van der Waals surface area contributed by atoms with E-state index in [2.05, 4.69) is 69.4 Å². The van der Waals surface area contributed by atoms with Crippen molar-refractivity contribution in [1.29, 1.82) is 0 Å². The van der Waals surface area contributed by atoms with Crippen LogP contribution in [0.2, 0.25) is 0 Å². The lowest BCUT2D eigenvalue weighted by molar-refractivity contribution is 0.512. The number of allylic oxidation sites excluding steroid dienone is 4. The lowest BCUT2D eigenvalue weighted by Gasteiger charge is -2.27. The summed E-state index contributed by atoms with van der Waals surface area (Å²) in [5, 5.41) is 4.52. The van der Waals surface area contributed by atoms with E-state index >= 15 is 0 Å². The van der Waals surface area contributed by atoms with E-state index in [1.165, 1.54) is 16.7 Å². The zero-order valence-corrected chi connectivity index (χ0v) is 18.0. The molecule has 0 saturated heterocycles. The van der Waals surface area contributed by atoms with Crippen LogP contribution in [0.5, 0.6) is 0 Å². The maximum Gasteiger partial charge on any atom is 0.107 e. The van der Waals surface area contributed by atoms with E-state index in [0.717, 1.165) is 18.2 Å². The highest BCUT2D eigenvalue weighted by Crippen LogP contribution is 2.49. The van der Waals surface area contributed by atoms with Crippen molar-refractivity contribution < 1.29 is 4.57 Å². The van der Waals surface area contributed by atoms with Crippen molar-refractivity contribution in [1.82, 2.24) is 5.32 Å². The van der Waals surface area contributed by atoms with Crippen LogP contribution in [0.25, 0.3) is 5.57 Å². The van der Waals surface area contributed by atoms with E-state index in [1.54, 1.807) is 0 Å². The fourth-order valence-corrected chi connectivity index (χ4v) is 4.96.